The van der Waals surface area contributed by atoms with Crippen LogP contribution in [0.4, 0.5) is 11.8 Å². The van der Waals surface area contributed by atoms with Crippen LogP contribution < -0.4 is 10.6 Å². The van der Waals surface area contributed by atoms with E-state index in [2.05, 4.69) is 37.0 Å². The summed E-state index contributed by atoms with van der Waals surface area (Å²) in [7, 11) is 2.14. The van der Waals surface area contributed by atoms with Crippen LogP contribution in [0.15, 0.2) is 6.20 Å². The number of hydrogen-bond acceptors (Lipinski definition) is 6. The molecular formula is C11H17N7. The number of H-pyrrole nitrogens is 1. The number of anilines is 2. The van der Waals surface area contributed by atoms with Crippen molar-refractivity contribution in [2.24, 2.45) is 0 Å². The molecule has 7 heteroatoms. The summed E-state index contributed by atoms with van der Waals surface area (Å²) in [4.78, 5) is 13.1. The molecule has 96 valence electrons. The second kappa shape index (κ2) is 4.41. The SMILES string of the molecule is CN1CCCN(c2nc(N)nc3[nH]ncc23)CC1. The molecule has 3 rings (SSSR count). The van der Waals surface area contributed by atoms with E-state index in [1.165, 1.54) is 0 Å². The molecular weight excluding hydrogens is 230 g/mol. The Hall–Kier alpha value is -1.89. The molecule has 0 saturated carbocycles. The first kappa shape index (κ1) is 11.2. The van der Waals surface area contributed by atoms with E-state index in [1.807, 2.05) is 0 Å². The summed E-state index contributed by atoms with van der Waals surface area (Å²) in [5, 5.41) is 7.80. The molecule has 0 bridgehead atoms. The zero-order chi connectivity index (χ0) is 12.5. The highest BCUT2D eigenvalue weighted by Crippen LogP contribution is 2.23. The Labute approximate surface area is 105 Å². The molecule has 2 aromatic rings. The molecule has 7 nitrogen and oxygen atoms in total. The molecule has 1 fully saturated rings. The van der Waals surface area contributed by atoms with Gasteiger partial charge in [0.25, 0.3) is 0 Å². The van der Waals surface area contributed by atoms with Gasteiger partial charge >= 0.3 is 0 Å². The molecule has 1 saturated heterocycles. The quantitative estimate of drug-likeness (QED) is 0.742. The van der Waals surface area contributed by atoms with Crippen LogP contribution in [0.2, 0.25) is 0 Å². The lowest BCUT2D eigenvalue weighted by Crippen LogP contribution is -2.29. The molecule has 0 aliphatic carbocycles. The van der Waals surface area contributed by atoms with Crippen molar-refractivity contribution in [1.82, 2.24) is 25.1 Å². The van der Waals surface area contributed by atoms with Crippen LogP contribution in [0.25, 0.3) is 11.0 Å². The molecule has 18 heavy (non-hydrogen) atoms. The third-order valence-corrected chi connectivity index (χ3v) is 3.33. The van der Waals surface area contributed by atoms with Crippen LogP contribution in [-0.4, -0.2) is 58.3 Å². The van der Waals surface area contributed by atoms with Gasteiger partial charge in [-0.25, -0.2) is 0 Å². The number of aromatic amines is 1. The summed E-state index contributed by atoms with van der Waals surface area (Å²) in [6.07, 6.45) is 2.89. The lowest BCUT2D eigenvalue weighted by Gasteiger charge is -2.22. The van der Waals surface area contributed by atoms with Gasteiger partial charge in [0.15, 0.2) is 5.65 Å². The summed E-state index contributed by atoms with van der Waals surface area (Å²) in [5.41, 5.74) is 6.45. The van der Waals surface area contributed by atoms with E-state index in [0.29, 0.717) is 11.6 Å². The molecule has 1 aliphatic heterocycles. The maximum Gasteiger partial charge on any atom is 0.224 e. The highest BCUT2D eigenvalue weighted by molar-refractivity contribution is 5.87. The van der Waals surface area contributed by atoms with Crippen molar-refractivity contribution in [2.45, 2.75) is 6.42 Å². The van der Waals surface area contributed by atoms with Crippen molar-refractivity contribution in [2.75, 3.05) is 43.9 Å². The summed E-state index contributed by atoms with van der Waals surface area (Å²) < 4.78 is 0. The summed E-state index contributed by atoms with van der Waals surface area (Å²) in [6, 6.07) is 0. The Bertz CT molecular complexity index is 549. The Morgan fingerprint density at radius 1 is 1.22 bits per heavy atom. The van der Waals surface area contributed by atoms with Crippen molar-refractivity contribution in [3.8, 4) is 0 Å². The number of aromatic nitrogens is 4. The van der Waals surface area contributed by atoms with E-state index in [1.54, 1.807) is 6.20 Å². The van der Waals surface area contributed by atoms with Crippen molar-refractivity contribution in [3.63, 3.8) is 0 Å². The van der Waals surface area contributed by atoms with Crippen LogP contribution in [0.1, 0.15) is 6.42 Å². The predicted molar refractivity (Wildman–Crippen MR) is 70.4 cm³/mol. The van der Waals surface area contributed by atoms with E-state index in [4.69, 9.17) is 5.73 Å². The van der Waals surface area contributed by atoms with Crippen molar-refractivity contribution < 1.29 is 0 Å². The Balaban J connectivity index is 1.99. The first-order valence-electron chi connectivity index (χ1n) is 6.14. The average molecular weight is 247 g/mol. The van der Waals surface area contributed by atoms with Crippen LogP contribution in [-0.2, 0) is 0 Å². The molecule has 1 aliphatic rings. The van der Waals surface area contributed by atoms with Gasteiger partial charge < -0.3 is 15.5 Å². The van der Waals surface area contributed by atoms with E-state index in [9.17, 15) is 0 Å². The topological polar surface area (TPSA) is 87.0 Å². The standard InChI is InChI=1S/C11H17N7/c1-17-3-2-4-18(6-5-17)10-8-7-13-16-9(8)14-11(12)15-10/h7H,2-6H2,1H3,(H3,12,13,14,15,16). The predicted octanol–water partition coefficient (Wildman–Crippen LogP) is 0.0770. The average Bonchev–Trinajstić information content (AvgIpc) is 2.70. The number of nitrogen functional groups attached to an aromatic ring is 1. The van der Waals surface area contributed by atoms with Gasteiger partial charge in [0.2, 0.25) is 5.95 Å². The molecule has 0 radical (unpaired) electrons. The van der Waals surface area contributed by atoms with Crippen LogP contribution >= 0.6 is 0 Å². The van der Waals surface area contributed by atoms with Gasteiger partial charge in [0.05, 0.1) is 11.6 Å². The van der Waals surface area contributed by atoms with Gasteiger partial charge in [-0.2, -0.15) is 15.1 Å². The highest BCUT2D eigenvalue weighted by Gasteiger charge is 2.18. The Morgan fingerprint density at radius 3 is 3.00 bits per heavy atom. The maximum absolute atomic E-state index is 5.75. The monoisotopic (exact) mass is 247 g/mol. The number of nitrogens with one attached hydrogen (secondary N) is 1. The van der Waals surface area contributed by atoms with E-state index in [-0.39, 0.29) is 0 Å². The fourth-order valence-electron chi connectivity index (χ4n) is 2.34. The number of rotatable bonds is 1. The third-order valence-electron chi connectivity index (χ3n) is 3.33. The zero-order valence-corrected chi connectivity index (χ0v) is 10.4. The van der Waals surface area contributed by atoms with Crippen LogP contribution in [0.5, 0.6) is 0 Å². The number of nitrogens with zero attached hydrogens (tertiary/aromatic N) is 5. The highest BCUT2D eigenvalue weighted by atomic mass is 15.3. The molecule has 0 unspecified atom stereocenters. The lowest BCUT2D eigenvalue weighted by atomic mass is 10.3. The number of nitrogens with two attached hydrogens (primary N) is 1. The normalized spacial score (nSPS) is 18.2. The molecule has 2 aromatic heterocycles. The fourth-order valence-corrected chi connectivity index (χ4v) is 2.34. The smallest absolute Gasteiger partial charge is 0.224 e. The molecule has 0 aromatic carbocycles. The summed E-state index contributed by atoms with van der Waals surface area (Å²) >= 11 is 0. The minimum Gasteiger partial charge on any atom is -0.368 e. The van der Waals surface area contributed by atoms with E-state index >= 15 is 0 Å². The first-order valence-corrected chi connectivity index (χ1v) is 6.14. The minimum atomic E-state index is 0.291. The Morgan fingerprint density at radius 2 is 2.11 bits per heavy atom. The third kappa shape index (κ3) is 1.97. The fraction of sp³-hybridized carbons (Fsp3) is 0.545. The van der Waals surface area contributed by atoms with Crippen molar-refractivity contribution in [3.05, 3.63) is 6.20 Å². The molecule has 3 N–H and O–H groups in total. The molecule has 0 atom stereocenters. The van der Waals surface area contributed by atoms with Gasteiger partial charge in [-0.1, -0.05) is 0 Å². The van der Waals surface area contributed by atoms with Gasteiger partial charge in [0.1, 0.15) is 5.82 Å². The number of fused-ring (bicyclic) bond motifs is 1. The molecule has 3 heterocycles. The van der Waals surface area contributed by atoms with Gasteiger partial charge in [-0.15, -0.1) is 0 Å². The van der Waals surface area contributed by atoms with E-state index in [0.717, 1.165) is 43.8 Å². The number of likely N-dealkylation sites (N-methyl/N-ethyl adjacent to an activating group) is 1. The number of hydrogen-bond donors (Lipinski definition) is 2. The van der Waals surface area contributed by atoms with E-state index < -0.39 is 0 Å². The largest absolute Gasteiger partial charge is 0.368 e. The second-order valence-corrected chi connectivity index (χ2v) is 4.68. The van der Waals surface area contributed by atoms with Crippen molar-refractivity contribution in [1.29, 1.82) is 0 Å². The second-order valence-electron chi connectivity index (χ2n) is 4.68. The van der Waals surface area contributed by atoms with Gasteiger partial charge in [-0.3, -0.25) is 5.10 Å². The van der Waals surface area contributed by atoms with Crippen LogP contribution in [0, 0.1) is 0 Å². The van der Waals surface area contributed by atoms with Crippen LogP contribution in [0.3, 0.4) is 0 Å². The summed E-state index contributed by atoms with van der Waals surface area (Å²) in [5.74, 6) is 1.18. The van der Waals surface area contributed by atoms with Crippen molar-refractivity contribution >= 4 is 22.8 Å². The summed E-state index contributed by atoms with van der Waals surface area (Å²) in [6.45, 7) is 4.09. The molecule has 0 amide bonds. The first-order chi connectivity index (χ1) is 8.74. The van der Waals surface area contributed by atoms with Gasteiger partial charge in [-0.05, 0) is 20.0 Å². The maximum atomic E-state index is 5.75. The molecule has 0 spiro atoms. The Kier molecular flexibility index (Phi) is 2.75. The van der Waals surface area contributed by atoms with Gasteiger partial charge in [0, 0.05) is 19.6 Å². The minimum absolute atomic E-state index is 0.291. The zero-order valence-electron chi connectivity index (χ0n) is 10.4. The lowest BCUT2D eigenvalue weighted by molar-refractivity contribution is 0.360.